The Kier molecular flexibility index (Phi) is 4.87. The Morgan fingerprint density at radius 1 is 1.22 bits per heavy atom. The molecule has 0 unspecified atom stereocenters. The molecule has 3 rings (SSSR count). The van der Waals surface area contributed by atoms with Crippen molar-refractivity contribution in [3.8, 4) is 5.88 Å². The first kappa shape index (κ1) is 15.5. The first-order chi connectivity index (χ1) is 11.2. The van der Waals surface area contributed by atoms with Crippen LogP contribution >= 0.6 is 0 Å². The Morgan fingerprint density at radius 2 is 2.13 bits per heavy atom. The third-order valence-electron chi connectivity index (χ3n) is 3.96. The minimum absolute atomic E-state index is 0.246. The molecule has 0 bridgehead atoms. The van der Waals surface area contributed by atoms with Crippen molar-refractivity contribution in [2.75, 3.05) is 43.9 Å². The molecule has 1 saturated heterocycles. The maximum atomic E-state index is 5.76. The molecule has 0 amide bonds. The molecular weight excluding hydrogens is 292 g/mol. The molecule has 7 nitrogen and oxygen atoms in total. The zero-order valence-electron chi connectivity index (χ0n) is 13.4. The van der Waals surface area contributed by atoms with Crippen LogP contribution in [0.1, 0.15) is 12.0 Å². The van der Waals surface area contributed by atoms with E-state index in [1.165, 1.54) is 5.56 Å². The lowest BCUT2D eigenvalue weighted by Crippen LogP contribution is -2.31. The molecule has 2 N–H and O–H groups in total. The molecule has 2 aromatic rings. The fourth-order valence-corrected chi connectivity index (χ4v) is 2.80. The summed E-state index contributed by atoms with van der Waals surface area (Å²) >= 11 is 0. The van der Waals surface area contributed by atoms with E-state index in [9.17, 15) is 0 Å². The number of methoxy groups -OCH3 is 1. The zero-order valence-corrected chi connectivity index (χ0v) is 13.4. The van der Waals surface area contributed by atoms with Crippen LogP contribution in [0.5, 0.6) is 5.88 Å². The number of nitrogens with two attached hydrogens (primary N) is 1. The molecule has 1 aliphatic heterocycles. The Balaban J connectivity index is 1.65. The summed E-state index contributed by atoms with van der Waals surface area (Å²) in [6.45, 7) is 4.81. The van der Waals surface area contributed by atoms with Crippen LogP contribution in [0, 0.1) is 0 Å². The highest BCUT2D eigenvalue weighted by Gasteiger charge is 2.17. The number of anilines is 2. The topological polar surface area (TPSA) is 80.4 Å². The summed E-state index contributed by atoms with van der Waals surface area (Å²) in [5, 5.41) is 0. The maximum Gasteiger partial charge on any atom is 0.225 e. The minimum Gasteiger partial charge on any atom is -0.481 e. The number of aromatic nitrogens is 3. The Bertz CT molecular complexity index is 636. The van der Waals surface area contributed by atoms with Crippen LogP contribution in [-0.2, 0) is 6.54 Å². The van der Waals surface area contributed by atoms with Gasteiger partial charge in [0.15, 0.2) is 0 Å². The highest BCUT2D eigenvalue weighted by molar-refractivity contribution is 5.45. The number of nitrogens with zero attached hydrogens (tertiary/aromatic N) is 5. The SMILES string of the molecule is COc1cc(N2CCCN(Cc3cccnc3)CC2)nc(N)n1. The second-order valence-electron chi connectivity index (χ2n) is 5.60. The van der Waals surface area contributed by atoms with Gasteiger partial charge in [0.2, 0.25) is 11.8 Å². The summed E-state index contributed by atoms with van der Waals surface area (Å²) in [6, 6.07) is 5.94. The molecule has 0 aromatic carbocycles. The van der Waals surface area contributed by atoms with Gasteiger partial charge >= 0.3 is 0 Å². The summed E-state index contributed by atoms with van der Waals surface area (Å²) in [4.78, 5) is 17.2. The number of hydrogen-bond acceptors (Lipinski definition) is 7. The maximum absolute atomic E-state index is 5.76. The van der Waals surface area contributed by atoms with Gasteiger partial charge in [0, 0.05) is 51.2 Å². The van der Waals surface area contributed by atoms with Crippen LogP contribution in [-0.4, -0.2) is 53.1 Å². The number of ether oxygens (including phenoxy) is 1. The van der Waals surface area contributed by atoms with Gasteiger partial charge < -0.3 is 15.4 Å². The van der Waals surface area contributed by atoms with E-state index in [2.05, 4.69) is 30.8 Å². The Hall–Kier alpha value is -2.41. The lowest BCUT2D eigenvalue weighted by Gasteiger charge is -2.23. The molecule has 0 radical (unpaired) electrons. The number of hydrogen-bond donors (Lipinski definition) is 1. The van der Waals surface area contributed by atoms with Gasteiger partial charge in [0.1, 0.15) is 5.82 Å². The molecule has 0 atom stereocenters. The van der Waals surface area contributed by atoms with E-state index in [1.54, 1.807) is 13.3 Å². The van der Waals surface area contributed by atoms with Gasteiger partial charge in [0.05, 0.1) is 7.11 Å². The molecule has 7 heteroatoms. The molecule has 3 heterocycles. The average molecular weight is 314 g/mol. The van der Waals surface area contributed by atoms with Crippen molar-refractivity contribution in [1.29, 1.82) is 0 Å². The minimum atomic E-state index is 0.246. The highest BCUT2D eigenvalue weighted by Crippen LogP contribution is 2.20. The number of rotatable bonds is 4. The monoisotopic (exact) mass is 314 g/mol. The van der Waals surface area contributed by atoms with Gasteiger partial charge in [-0.15, -0.1) is 0 Å². The van der Waals surface area contributed by atoms with Gasteiger partial charge in [-0.1, -0.05) is 6.07 Å². The molecular formula is C16H22N6O. The summed E-state index contributed by atoms with van der Waals surface area (Å²) in [5.74, 6) is 1.58. The van der Waals surface area contributed by atoms with Crippen LogP contribution in [0.4, 0.5) is 11.8 Å². The summed E-state index contributed by atoms with van der Waals surface area (Å²) in [7, 11) is 1.59. The molecule has 2 aromatic heterocycles. The first-order valence-corrected chi connectivity index (χ1v) is 7.79. The molecule has 0 saturated carbocycles. The van der Waals surface area contributed by atoms with E-state index >= 15 is 0 Å². The highest BCUT2D eigenvalue weighted by atomic mass is 16.5. The van der Waals surface area contributed by atoms with E-state index in [0.717, 1.165) is 45.0 Å². The molecule has 0 aliphatic carbocycles. The lowest BCUT2D eigenvalue weighted by atomic mass is 10.2. The standard InChI is InChI=1S/C16H22N6O/c1-23-15-10-14(19-16(17)20-15)22-7-3-6-21(8-9-22)12-13-4-2-5-18-11-13/h2,4-5,10-11H,3,6-9,12H2,1H3,(H2,17,19,20). The summed E-state index contributed by atoms with van der Waals surface area (Å²) in [5.41, 5.74) is 7.01. The van der Waals surface area contributed by atoms with Crippen molar-refractivity contribution in [3.63, 3.8) is 0 Å². The third kappa shape index (κ3) is 4.07. The quantitative estimate of drug-likeness (QED) is 0.907. The van der Waals surface area contributed by atoms with Gasteiger partial charge in [-0.2, -0.15) is 9.97 Å². The molecule has 122 valence electrons. The Labute approximate surface area is 136 Å². The van der Waals surface area contributed by atoms with Crippen molar-refractivity contribution in [2.45, 2.75) is 13.0 Å². The summed E-state index contributed by atoms with van der Waals surface area (Å²) in [6.07, 6.45) is 4.81. The van der Waals surface area contributed by atoms with Gasteiger partial charge in [-0.25, -0.2) is 0 Å². The van der Waals surface area contributed by atoms with Gasteiger partial charge in [0.25, 0.3) is 0 Å². The smallest absolute Gasteiger partial charge is 0.225 e. The van der Waals surface area contributed by atoms with Crippen molar-refractivity contribution in [2.24, 2.45) is 0 Å². The lowest BCUT2D eigenvalue weighted by molar-refractivity contribution is 0.285. The predicted molar refractivity (Wildman–Crippen MR) is 89.3 cm³/mol. The number of nitrogen functional groups attached to an aromatic ring is 1. The van der Waals surface area contributed by atoms with E-state index in [-0.39, 0.29) is 5.95 Å². The van der Waals surface area contributed by atoms with Crippen molar-refractivity contribution in [3.05, 3.63) is 36.2 Å². The molecule has 0 spiro atoms. The average Bonchev–Trinajstić information content (AvgIpc) is 2.81. The second-order valence-corrected chi connectivity index (χ2v) is 5.60. The van der Waals surface area contributed by atoms with Crippen molar-refractivity contribution < 1.29 is 4.74 Å². The van der Waals surface area contributed by atoms with Crippen LogP contribution in [0.15, 0.2) is 30.6 Å². The van der Waals surface area contributed by atoms with E-state index < -0.39 is 0 Å². The van der Waals surface area contributed by atoms with E-state index in [0.29, 0.717) is 5.88 Å². The zero-order chi connectivity index (χ0) is 16.1. The molecule has 23 heavy (non-hydrogen) atoms. The first-order valence-electron chi connectivity index (χ1n) is 7.79. The largest absolute Gasteiger partial charge is 0.481 e. The van der Waals surface area contributed by atoms with Crippen molar-refractivity contribution in [1.82, 2.24) is 19.9 Å². The predicted octanol–water partition coefficient (Wildman–Crippen LogP) is 1.17. The summed E-state index contributed by atoms with van der Waals surface area (Å²) < 4.78 is 5.18. The van der Waals surface area contributed by atoms with Crippen LogP contribution < -0.4 is 15.4 Å². The van der Waals surface area contributed by atoms with Gasteiger partial charge in [-0.05, 0) is 18.1 Å². The fraction of sp³-hybridized carbons (Fsp3) is 0.438. The second kappa shape index (κ2) is 7.23. The van der Waals surface area contributed by atoms with E-state index in [1.807, 2.05) is 18.3 Å². The number of pyridine rings is 1. The fourth-order valence-electron chi connectivity index (χ4n) is 2.80. The van der Waals surface area contributed by atoms with Crippen LogP contribution in [0.25, 0.3) is 0 Å². The van der Waals surface area contributed by atoms with Crippen molar-refractivity contribution >= 4 is 11.8 Å². The van der Waals surface area contributed by atoms with E-state index in [4.69, 9.17) is 10.5 Å². The Morgan fingerprint density at radius 3 is 2.91 bits per heavy atom. The normalized spacial score (nSPS) is 16.1. The van der Waals surface area contributed by atoms with Gasteiger partial charge in [-0.3, -0.25) is 9.88 Å². The van der Waals surface area contributed by atoms with Crippen LogP contribution in [0.3, 0.4) is 0 Å². The third-order valence-corrected chi connectivity index (χ3v) is 3.96. The van der Waals surface area contributed by atoms with Crippen LogP contribution in [0.2, 0.25) is 0 Å². The molecule has 1 aliphatic rings. The molecule has 1 fully saturated rings.